The Balaban J connectivity index is 3.33. The SMILES string of the molecule is CCC(C)CCCC(C)CCCC(C)=O. The lowest BCUT2D eigenvalue weighted by atomic mass is 9.94. The molecule has 0 radical (unpaired) electrons. The molecular formula is C14H28O. The summed E-state index contributed by atoms with van der Waals surface area (Å²) in [6.07, 6.45) is 8.44. The smallest absolute Gasteiger partial charge is 0.129 e. The number of carbonyl (C=O) groups is 1. The zero-order chi connectivity index (χ0) is 11.7. The Morgan fingerprint density at radius 2 is 1.53 bits per heavy atom. The van der Waals surface area contributed by atoms with Crippen molar-refractivity contribution in [2.45, 2.75) is 72.6 Å². The van der Waals surface area contributed by atoms with Crippen molar-refractivity contribution >= 4 is 5.78 Å². The van der Waals surface area contributed by atoms with E-state index in [2.05, 4.69) is 20.8 Å². The van der Waals surface area contributed by atoms with Crippen LogP contribution < -0.4 is 0 Å². The van der Waals surface area contributed by atoms with Gasteiger partial charge in [0.2, 0.25) is 0 Å². The summed E-state index contributed by atoms with van der Waals surface area (Å²) >= 11 is 0. The van der Waals surface area contributed by atoms with Gasteiger partial charge >= 0.3 is 0 Å². The molecular weight excluding hydrogens is 184 g/mol. The van der Waals surface area contributed by atoms with Gasteiger partial charge in [-0.25, -0.2) is 0 Å². The molecule has 1 heteroatoms. The van der Waals surface area contributed by atoms with Crippen molar-refractivity contribution in [1.82, 2.24) is 0 Å². The van der Waals surface area contributed by atoms with Crippen LogP contribution in [0.15, 0.2) is 0 Å². The Kier molecular flexibility index (Phi) is 8.74. The van der Waals surface area contributed by atoms with Gasteiger partial charge in [0.05, 0.1) is 0 Å². The summed E-state index contributed by atoms with van der Waals surface area (Å²) < 4.78 is 0. The van der Waals surface area contributed by atoms with Crippen molar-refractivity contribution in [3.8, 4) is 0 Å². The molecule has 2 atom stereocenters. The highest BCUT2D eigenvalue weighted by molar-refractivity contribution is 5.75. The van der Waals surface area contributed by atoms with Gasteiger partial charge in [0.15, 0.2) is 0 Å². The molecule has 0 aliphatic rings. The van der Waals surface area contributed by atoms with E-state index in [0.29, 0.717) is 5.78 Å². The summed E-state index contributed by atoms with van der Waals surface area (Å²) in [4.78, 5) is 10.8. The molecule has 2 unspecified atom stereocenters. The molecule has 90 valence electrons. The third-order valence-corrected chi connectivity index (χ3v) is 3.32. The number of hydrogen-bond donors (Lipinski definition) is 0. The number of Topliss-reactive ketones (excluding diaryl/α,β-unsaturated/α-hetero) is 1. The lowest BCUT2D eigenvalue weighted by molar-refractivity contribution is -0.117. The van der Waals surface area contributed by atoms with Crippen molar-refractivity contribution in [3.05, 3.63) is 0 Å². The molecule has 0 N–H and O–H groups in total. The molecule has 1 nitrogen and oxygen atoms in total. The molecule has 0 saturated carbocycles. The highest BCUT2D eigenvalue weighted by atomic mass is 16.1. The van der Waals surface area contributed by atoms with Gasteiger partial charge in [-0.3, -0.25) is 0 Å². The number of hydrogen-bond acceptors (Lipinski definition) is 1. The minimum absolute atomic E-state index is 0.335. The molecule has 0 heterocycles. The molecule has 0 aliphatic heterocycles. The molecule has 0 rings (SSSR count). The maximum absolute atomic E-state index is 10.8. The van der Waals surface area contributed by atoms with Crippen LogP contribution in [0.2, 0.25) is 0 Å². The predicted octanol–water partition coefficient (Wildman–Crippen LogP) is 4.60. The topological polar surface area (TPSA) is 17.1 Å². The first-order valence-corrected chi connectivity index (χ1v) is 6.55. The molecule has 0 aromatic carbocycles. The Bertz CT molecular complexity index is 163. The van der Waals surface area contributed by atoms with Crippen molar-refractivity contribution in [2.75, 3.05) is 0 Å². The van der Waals surface area contributed by atoms with Crippen LogP contribution in [0.1, 0.15) is 72.6 Å². The number of carbonyl (C=O) groups excluding carboxylic acids is 1. The van der Waals surface area contributed by atoms with Crippen LogP contribution in [0.5, 0.6) is 0 Å². The average Bonchev–Trinajstić information content (AvgIpc) is 2.17. The van der Waals surface area contributed by atoms with Crippen molar-refractivity contribution in [1.29, 1.82) is 0 Å². The van der Waals surface area contributed by atoms with Crippen LogP contribution in [-0.2, 0) is 4.79 Å². The lowest BCUT2D eigenvalue weighted by Crippen LogP contribution is -1.99. The summed E-state index contributed by atoms with van der Waals surface area (Å²) in [6, 6.07) is 0. The first-order chi connectivity index (χ1) is 7.06. The van der Waals surface area contributed by atoms with Crippen LogP contribution in [0.3, 0.4) is 0 Å². The maximum atomic E-state index is 10.8. The Hall–Kier alpha value is -0.330. The summed E-state index contributed by atoms with van der Waals surface area (Å²) in [5.74, 6) is 2.02. The molecule has 0 aromatic heterocycles. The quantitative estimate of drug-likeness (QED) is 0.546. The average molecular weight is 212 g/mol. The molecule has 0 fully saturated rings. The van der Waals surface area contributed by atoms with Crippen LogP contribution in [0.4, 0.5) is 0 Å². The number of ketones is 1. The Morgan fingerprint density at radius 3 is 2.07 bits per heavy atom. The van der Waals surface area contributed by atoms with E-state index in [1.807, 2.05) is 0 Å². The lowest BCUT2D eigenvalue weighted by Gasteiger charge is -2.12. The molecule has 0 aromatic rings. The zero-order valence-electron chi connectivity index (χ0n) is 11.0. The summed E-state index contributed by atoms with van der Waals surface area (Å²) in [6.45, 7) is 8.60. The van der Waals surface area contributed by atoms with E-state index in [4.69, 9.17) is 0 Å². The van der Waals surface area contributed by atoms with Gasteiger partial charge in [-0.15, -0.1) is 0 Å². The fraction of sp³-hybridized carbons (Fsp3) is 0.929. The van der Waals surface area contributed by atoms with Gasteiger partial charge in [-0.05, 0) is 25.2 Å². The van der Waals surface area contributed by atoms with E-state index in [1.54, 1.807) is 6.92 Å². The Morgan fingerprint density at radius 1 is 1.00 bits per heavy atom. The van der Waals surface area contributed by atoms with E-state index in [1.165, 1.54) is 32.1 Å². The molecule has 15 heavy (non-hydrogen) atoms. The fourth-order valence-corrected chi connectivity index (χ4v) is 1.86. The predicted molar refractivity (Wildman–Crippen MR) is 67.0 cm³/mol. The second-order valence-corrected chi connectivity index (χ2v) is 5.14. The van der Waals surface area contributed by atoms with Crippen molar-refractivity contribution in [2.24, 2.45) is 11.8 Å². The van der Waals surface area contributed by atoms with Gasteiger partial charge in [-0.2, -0.15) is 0 Å². The minimum Gasteiger partial charge on any atom is -0.300 e. The van der Waals surface area contributed by atoms with Crippen LogP contribution in [0.25, 0.3) is 0 Å². The second-order valence-electron chi connectivity index (χ2n) is 5.14. The Labute approximate surface area is 95.6 Å². The molecule has 0 saturated heterocycles. The van der Waals surface area contributed by atoms with Gasteiger partial charge < -0.3 is 4.79 Å². The zero-order valence-corrected chi connectivity index (χ0v) is 11.0. The van der Waals surface area contributed by atoms with Gasteiger partial charge in [0.1, 0.15) is 5.78 Å². The second kappa shape index (κ2) is 8.94. The monoisotopic (exact) mass is 212 g/mol. The van der Waals surface area contributed by atoms with Gasteiger partial charge in [-0.1, -0.05) is 52.9 Å². The van der Waals surface area contributed by atoms with Crippen LogP contribution in [0, 0.1) is 11.8 Å². The van der Waals surface area contributed by atoms with E-state index >= 15 is 0 Å². The van der Waals surface area contributed by atoms with E-state index in [-0.39, 0.29) is 0 Å². The van der Waals surface area contributed by atoms with Gasteiger partial charge in [0.25, 0.3) is 0 Å². The minimum atomic E-state index is 0.335. The van der Waals surface area contributed by atoms with Gasteiger partial charge in [0, 0.05) is 6.42 Å². The summed E-state index contributed by atoms with van der Waals surface area (Å²) in [5, 5.41) is 0. The third-order valence-electron chi connectivity index (χ3n) is 3.32. The third kappa shape index (κ3) is 9.96. The molecule has 0 spiro atoms. The highest BCUT2D eigenvalue weighted by Crippen LogP contribution is 2.18. The first-order valence-electron chi connectivity index (χ1n) is 6.55. The van der Waals surface area contributed by atoms with E-state index in [0.717, 1.165) is 24.7 Å². The summed E-state index contributed by atoms with van der Waals surface area (Å²) in [5.41, 5.74) is 0. The normalized spacial score (nSPS) is 14.9. The number of rotatable bonds is 9. The molecule has 0 amide bonds. The standard InChI is InChI=1S/C14H28O/c1-5-12(2)8-6-9-13(3)10-7-11-14(4)15/h12-13H,5-11H2,1-4H3. The first kappa shape index (κ1) is 14.7. The van der Waals surface area contributed by atoms with E-state index in [9.17, 15) is 4.79 Å². The summed E-state index contributed by atoms with van der Waals surface area (Å²) in [7, 11) is 0. The highest BCUT2D eigenvalue weighted by Gasteiger charge is 2.04. The fourth-order valence-electron chi connectivity index (χ4n) is 1.86. The van der Waals surface area contributed by atoms with Crippen molar-refractivity contribution in [3.63, 3.8) is 0 Å². The molecule has 0 bridgehead atoms. The molecule has 0 aliphatic carbocycles. The maximum Gasteiger partial charge on any atom is 0.129 e. The van der Waals surface area contributed by atoms with Crippen LogP contribution in [-0.4, -0.2) is 5.78 Å². The van der Waals surface area contributed by atoms with Crippen LogP contribution >= 0.6 is 0 Å². The van der Waals surface area contributed by atoms with E-state index < -0.39 is 0 Å². The van der Waals surface area contributed by atoms with Crippen molar-refractivity contribution < 1.29 is 4.79 Å². The largest absolute Gasteiger partial charge is 0.300 e.